The number of phosphoric acid groups is 1. The van der Waals surface area contributed by atoms with Crippen LogP contribution in [-0.4, -0.2) is 157 Å². The van der Waals surface area contributed by atoms with Gasteiger partial charge in [0, 0.05) is 31.3 Å². The van der Waals surface area contributed by atoms with E-state index >= 15 is 0 Å². The molecule has 3 aliphatic heterocycles. The molecule has 1 aromatic rings. The van der Waals surface area contributed by atoms with Gasteiger partial charge in [-0.3, -0.25) is 24.4 Å². The maximum Gasteiger partial charge on any atom is 0.473 e. The number of carboxylic acids is 2. The van der Waals surface area contributed by atoms with Crippen molar-refractivity contribution in [3.63, 3.8) is 0 Å². The van der Waals surface area contributed by atoms with Crippen molar-refractivity contribution < 1.29 is 78.1 Å². The first-order valence-corrected chi connectivity index (χ1v) is 18.2. The van der Waals surface area contributed by atoms with Gasteiger partial charge in [-0.05, 0) is 38.0 Å². The third-order valence-corrected chi connectivity index (χ3v) is 9.83. The van der Waals surface area contributed by atoms with Crippen LogP contribution >= 0.6 is 7.82 Å². The number of nitrogens with two attached hydrogens (primary N) is 1. The van der Waals surface area contributed by atoms with Crippen molar-refractivity contribution in [2.45, 2.75) is 101 Å². The molecule has 1 amide bonds. The molecule has 302 valence electrons. The largest absolute Gasteiger partial charge is 0.481 e. The molecular formula is C31H47N6O16P. The molecule has 1 fully saturated rings. The normalized spacial score (nSPS) is 28.1. The molecule has 1 aromatic carbocycles. The summed E-state index contributed by atoms with van der Waals surface area (Å²) in [7, 11) is -3.32. The number of hydrogen-bond acceptors (Lipinski definition) is 18. The van der Waals surface area contributed by atoms with E-state index in [1.165, 1.54) is 0 Å². The highest BCUT2D eigenvalue weighted by molar-refractivity contribution is 7.47. The number of likely N-dealkylation sites (N-methyl/N-ethyl adjacent to an activating group) is 1. The molecule has 0 aliphatic carbocycles. The first-order valence-electron chi connectivity index (χ1n) is 16.8. The summed E-state index contributed by atoms with van der Waals surface area (Å²) in [5.74, 6) is -2.91. The summed E-state index contributed by atoms with van der Waals surface area (Å²) in [6.07, 6.45) is -15.7. The highest BCUT2D eigenvalue weighted by Crippen LogP contribution is 2.46. The number of carboxylic acid groups (broad SMARTS) is 2. The molecule has 4 rings (SSSR count). The Bertz CT molecular complexity index is 1620. The van der Waals surface area contributed by atoms with Crippen LogP contribution in [-0.2, 0) is 43.9 Å². The van der Waals surface area contributed by atoms with Crippen molar-refractivity contribution in [1.82, 2.24) is 15.5 Å². The second-order valence-electron chi connectivity index (χ2n) is 13.0. The molecule has 12 atom stereocenters. The standard InChI is InChI=1S/C31H47N6O16P/c1-13(22-14(2)34-27-23(37(22)3)28(45)36-31(32)35-27)33-16-6-4-15(5-7-16)10-17(38)24(42)18(39)11-50-30-26(44)25(43)20(52-30)12-51-54(48,49)53-19(29(46)47)8-9-21(40)41/h4-7,13,17-20,23-26,30-31,33,38-39,42-44H,8-12,32H2,1-3H3,(H,34,35)(H,36,45)(H,40,41)(H,46,47)(H,48,49)/t13-,17+,18-,19+,20-,23?,24+,25-,26-,30+,31?/m1/s1. The molecule has 22 nitrogen and oxygen atoms in total. The number of carbonyl (C=O) groups is 3. The Morgan fingerprint density at radius 1 is 1.13 bits per heavy atom. The fraction of sp³-hybridized carbons (Fsp3) is 0.613. The molecule has 1 saturated heterocycles. The van der Waals surface area contributed by atoms with E-state index in [-0.39, 0.29) is 18.4 Å². The topological polar surface area (TPSA) is 345 Å². The van der Waals surface area contributed by atoms with E-state index in [1.54, 1.807) is 31.3 Å². The fourth-order valence-corrected chi connectivity index (χ4v) is 7.06. The molecule has 0 saturated carbocycles. The average Bonchev–Trinajstić information content (AvgIpc) is 3.35. The van der Waals surface area contributed by atoms with Gasteiger partial charge in [-0.15, -0.1) is 0 Å². The number of aliphatic hydroxyl groups excluding tert-OH is 5. The minimum absolute atomic E-state index is 0.0744. The van der Waals surface area contributed by atoms with Gasteiger partial charge in [0.25, 0.3) is 5.91 Å². The lowest BCUT2D eigenvalue weighted by atomic mass is 10.00. The van der Waals surface area contributed by atoms with E-state index in [4.69, 9.17) is 25.4 Å². The van der Waals surface area contributed by atoms with Crippen LogP contribution in [0.4, 0.5) is 5.69 Å². The van der Waals surface area contributed by atoms with Crippen LogP contribution in [0.2, 0.25) is 0 Å². The van der Waals surface area contributed by atoms with Gasteiger partial charge in [0.05, 0.1) is 31.1 Å². The number of phosphoric ester groups is 1. The van der Waals surface area contributed by atoms with Gasteiger partial charge in [-0.25, -0.2) is 14.4 Å². The number of benzene rings is 1. The van der Waals surface area contributed by atoms with Crippen LogP contribution in [0.5, 0.6) is 0 Å². The Labute approximate surface area is 308 Å². The number of anilines is 1. The number of amidine groups is 1. The molecule has 3 aliphatic rings. The van der Waals surface area contributed by atoms with Gasteiger partial charge < -0.3 is 71.0 Å². The summed E-state index contributed by atoms with van der Waals surface area (Å²) < 4.78 is 32.0. The zero-order valence-corrected chi connectivity index (χ0v) is 30.4. The summed E-state index contributed by atoms with van der Waals surface area (Å²) >= 11 is 0. The average molecular weight is 791 g/mol. The Hall–Kier alpha value is -3.77. The third-order valence-electron chi connectivity index (χ3n) is 8.83. The first-order chi connectivity index (χ1) is 25.3. The molecular weight excluding hydrogens is 743 g/mol. The zero-order chi connectivity index (χ0) is 40.1. The number of aliphatic carboxylic acids is 2. The van der Waals surface area contributed by atoms with Gasteiger partial charge in [-0.1, -0.05) is 12.1 Å². The Morgan fingerprint density at radius 2 is 1.80 bits per heavy atom. The number of aliphatic imine (C=N–C) groups is 1. The van der Waals surface area contributed by atoms with Crippen molar-refractivity contribution in [3.8, 4) is 0 Å². The minimum Gasteiger partial charge on any atom is -0.481 e. The third kappa shape index (κ3) is 10.9. The highest BCUT2D eigenvalue weighted by Gasteiger charge is 2.46. The predicted octanol–water partition coefficient (Wildman–Crippen LogP) is -3.07. The van der Waals surface area contributed by atoms with E-state index < -0.39 is 107 Å². The molecule has 54 heavy (non-hydrogen) atoms. The lowest BCUT2D eigenvalue weighted by Gasteiger charge is -2.42. The molecule has 0 spiro atoms. The van der Waals surface area contributed by atoms with Crippen LogP contribution in [0, 0.1) is 0 Å². The smallest absolute Gasteiger partial charge is 0.473 e. The summed E-state index contributed by atoms with van der Waals surface area (Å²) in [5, 5.41) is 79.3. The lowest BCUT2D eigenvalue weighted by Crippen LogP contribution is -2.64. The van der Waals surface area contributed by atoms with Crippen molar-refractivity contribution in [3.05, 3.63) is 41.2 Å². The second kappa shape index (κ2) is 18.2. The maximum atomic E-state index is 12.6. The first kappa shape index (κ1) is 43.0. The van der Waals surface area contributed by atoms with Crippen LogP contribution in [0.15, 0.2) is 40.7 Å². The van der Waals surface area contributed by atoms with Gasteiger partial charge in [0.2, 0.25) is 0 Å². The quantitative estimate of drug-likeness (QED) is 0.0619. The number of nitrogens with one attached hydrogen (secondary N) is 3. The van der Waals surface area contributed by atoms with E-state index in [9.17, 15) is 49.4 Å². The van der Waals surface area contributed by atoms with Crippen LogP contribution in [0.3, 0.4) is 0 Å². The monoisotopic (exact) mass is 790 g/mol. The summed E-state index contributed by atoms with van der Waals surface area (Å²) in [6.45, 7) is 2.20. The van der Waals surface area contributed by atoms with E-state index in [0.29, 0.717) is 17.1 Å². The highest BCUT2D eigenvalue weighted by atomic mass is 31.2. The summed E-state index contributed by atoms with van der Waals surface area (Å²) in [4.78, 5) is 50.6. The Balaban J connectivity index is 1.24. The SMILES string of the molecule is CC1=C([C@@H](C)Nc2ccc(C[C@H](O)[C@H](O)[C@H](O)CO[C@H]3O[C@H](COP(=O)(O)O[C@@H](CCC(=O)O)C(=O)O)[C@@H](O)[C@H]3O)cc2)N(C)C2C(=O)NC(N)N=C2N1. The Morgan fingerprint density at radius 3 is 2.43 bits per heavy atom. The van der Waals surface area contributed by atoms with Gasteiger partial charge in [0.1, 0.15) is 36.4 Å². The number of rotatable bonds is 19. The zero-order valence-electron chi connectivity index (χ0n) is 29.5. The second-order valence-corrected chi connectivity index (χ2v) is 14.4. The van der Waals surface area contributed by atoms with Crippen molar-refractivity contribution >= 4 is 37.2 Å². The van der Waals surface area contributed by atoms with E-state index in [2.05, 4.69) is 30.0 Å². The molecule has 3 heterocycles. The van der Waals surface area contributed by atoms with Crippen LogP contribution in [0.1, 0.15) is 32.3 Å². The fourth-order valence-electron chi connectivity index (χ4n) is 6.14. The predicted molar refractivity (Wildman–Crippen MR) is 184 cm³/mol. The number of aliphatic hydroxyl groups is 5. The van der Waals surface area contributed by atoms with Crippen molar-refractivity contribution in [2.75, 3.05) is 25.6 Å². The number of ether oxygens (including phenoxy) is 2. The Kier molecular flexibility index (Phi) is 14.5. The number of nitrogens with zero attached hydrogens (tertiary/aromatic N) is 2. The number of amides is 1. The molecule has 3 unspecified atom stereocenters. The number of carbonyl (C=O) groups excluding carboxylic acids is 1. The van der Waals surface area contributed by atoms with E-state index in [1.807, 2.05) is 18.7 Å². The molecule has 23 heteroatoms. The molecule has 13 N–H and O–H groups in total. The summed E-state index contributed by atoms with van der Waals surface area (Å²) in [6, 6.07) is 6.00. The van der Waals surface area contributed by atoms with E-state index in [0.717, 1.165) is 11.4 Å². The minimum atomic E-state index is -5.11. The number of fused-ring (bicyclic) bond motifs is 1. The lowest BCUT2D eigenvalue weighted by molar-refractivity contribution is -0.192. The van der Waals surface area contributed by atoms with Gasteiger partial charge >= 0.3 is 19.8 Å². The molecule has 0 bridgehead atoms. The van der Waals surface area contributed by atoms with Gasteiger partial charge in [-0.2, -0.15) is 0 Å². The van der Waals surface area contributed by atoms with Crippen LogP contribution in [0.25, 0.3) is 0 Å². The van der Waals surface area contributed by atoms with Crippen molar-refractivity contribution in [2.24, 2.45) is 10.7 Å². The van der Waals surface area contributed by atoms with Crippen LogP contribution < -0.4 is 21.7 Å². The molecule has 0 radical (unpaired) electrons. The van der Waals surface area contributed by atoms with Gasteiger partial charge in [0.15, 0.2) is 24.7 Å². The molecule has 0 aromatic heterocycles. The number of hydrogen-bond donors (Lipinski definition) is 12. The summed E-state index contributed by atoms with van der Waals surface area (Å²) in [5.41, 5.74) is 8.70. The van der Waals surface area contributed by atoms with Crippen molar-refractivity contribution in [1.29, 1.82) is 0 Å². The number of allylic oxidation sites excluding steroid dienone is 1. The maximum absolute atomic E-state index is 12.6.